The van der Waals surface area contributed by atoms with Gasteiger partial charge in [-0.25, -0.2) is 0 Å². The normalized spacial score (nSPS) is 11.0. The maximum Gasteiger partial charge on any atom is 0.175 e. The van der Waals surface area contributed by atoms with Crippen LogP contribution in [0, 0.1) is 3.57 Å². The van der Waals surface area contributed by atoms with Crippen molar-refractivity contribution >= 4 is 45.3 Å². The number of hydrazone groups is 1. The molecule has 0 bridgehead atoms. The maximum absolute atomic E-state index is 6.19. The van der Waals surface area contributed by atoms with Crippen molar-refractivity contribution in [1.29, 1.82) is 0 Å². The third kappa shape index (κ3) is 5.55. The number of hydrogen-bond donors (Lipinski definition) is 1. The third-order valence-electron chi connectivity index (χ3n) is 4.71. The maximum atomic E-state index is 6.19. The number of anilines is 1. The van der Waals surface area contributed by atoms with Crippen LogP contribution in [0.4, 0.5) is 5.69 Å². The fourth-order valence-electron chi connectivity index (χ4n) is 3.24. The summed E-state index contributed by atoms with van der Waals surface area (Å²) in [4.78, 5) is 0. The first-order chi connectivity index (χ1) is 15.2. The van der Waals surface area contributed by atoms with Crippen LogP contribution in [0.5, 0.6) is 11.5 Å². The lowest BCUT2D eigenvalue weighted by Gasteiger charge is -2.15. The molecule has 5 heteroatoms. The Morgan fingerprint density at radius 3 is 2.45 bits per heavy atom. The summed E-state index contributed by atoms with van der Waals surface area (Å²) in [7, 11) is 0. The molecule has 1 N–H and O–H groups in total. The predicted molar refractivity (Wildman–Crippen MR) is 136 cm³/mol. The lowest BCUT2D eigenvalue weighted by Crippen LogP contribution is -2.03. The Hall–Kier alpha value is -3.06. The molecule has 0 heterocycles. The van der Waals surface area contributed by atoms with E-state index in [2.05, 4.69) is 75.6 Å². The number of ether oxygens (including phenoxy) is 2. The van der Waals surface area contributed by atoms with Gasteiger partial charge >= 0.3 is 0 Å². The van der Waals surface area contributed by atoms with Crippen molar-refractivity contribution in [2.75, 3.05) is 12.0 Å². The van der Waals surface area contributed by atoms with Gasteiger partial charge in [0, 0.05) is 0 Å². The Kier molecular flexibility index (Phi) is 7.04. The van der Waals surface area contributed by atoms with Gasteiger partial charge in [0.05, 0.1) is 22.1 Å². The van der Waals surface area contributed by atoms with Gasteiger partial charge in [-0.1, -0.05) is 54.6 Å². The van der Waals surface area contributed by atoms with Crippen molar-refractivity contribution < 1.29 is 9.47 Å². The second kappa shape index (κ2) is 10.3. The summed E-state index contributed by atoms with van der Waals surface area (Å²) in [5, 5.41) is 6.77. The molecule has 156 valence electrons. The van der Waals surface area contributed by atoms with Crippen LogP contribution >= 0.6 is 22.6 Å². The summed E-state index contributed by atoms with van der Waals surface area (Å²) in [5.41, 5.74) is 6.03. The zero-order chi connectivity index (χ0) is 21.5. The largest absolute Gasteiger partial charge is 0.490 e. The van der Waals surface area contributed by atoms with E-state index in [1.807, 2.05) is 49.4 Å². The summed E-state index contributed by atoms with van der Waals surface area (Å²) in [6.07, 6.45) is 1.78. The van der Waals surface area contributed by atoms with Gasteiger partial charge in [-0.2, -0.15) is 5.10 Å². The van der Waals surface area contributed by atoms with Gasteiger partial charge in [0.25, 0.3) is 0 Å². The molecule has 0 fully saturated rings. The highest BCUT2D eigenvalue weighted by atomic mass is 127. The van der Waals surface area contributed by atoms with Crippen LogP contribution in [-0.4, -0.2) is 12.8 Å². The first-order valence-electron chi connectivity index (χ1n) is 10.1. The van der Waals surface area contributed by atoms with Crippen LogP contribution in [0.25, 0.3) is 10.8 Å². The van der Waals surface area contributed by atoms with Crippen LogP contribution in [0.2, 0.25) is 0 Å². The van der Waals surface area contributed by atoms with Crippen LogP contribution in [0.3, 0.4) is 0 Å². The molecule has 4 aromatic rings. The highest BCUT2D eigenvalue weighted by molar-refractivity contribution is 14.1. The van der Waals surface area contributed by atoms with Gasteiger partial charge in [0.1, 0.15) is 6.61 Å². The summed E-state index contributed by atoms with van der Waals surface area (Å²) in [6, 6.07) is 28.6. The topological polar surface area (TPSA) is 42.8 Å². The molecule has 0 saturated heterocycles. The summed E-state index contributed by atoms with van der Waals surface area (Å²) >= 11 is 2.28. The van der Waals surface area contributed by atoms with E-state index in [-0.39, 0.29) is 0 Å². The number of hydrogen-bond acceptors (Lipinski definition) is 4. The van der Waals surface area contributed by atoms with Gasteiger partial charge < -0.3 is 9.47 Å². The molecular weight excluding hydrogens is 499 g/mol. The van der Waals surface area contributed by atoms with Crippen LogP contribution < -0.4 is 14.9 Å². The monoisotopic (exact) mass is 522 g/mol. The number of benzene rings is 4. The summed E-state index contributed by atoms with van der Waals surface area (Å²) < 4.78 is 13.0. The standard InChI is InChI=1S/C26H23IN2O2/c1-2-30-25-16-20(17-28-29-23-10-4-3-5-11-23)15-24(27)26(25)31-18-19-12-13-21-8-6-7-9-22(21)14-19/h3-17,29H,2,18H2,1H3/b28-17+. The molecule has 0 aliphatic heterocycles. The van der Waals surface area contributed by atoms with E-state index in [4.69, 9.17) is 9.47 Å². The average molecular weight is 522 g/mol. The second-order valence-electron chi connectivity index (χ2n) is 6.97. The van der Waals surface area contributed by atoms with E-state index < -0.39 is 0 Å². The SMILES string of the molecule is CCOc1cc(/C=N/Nc2ccccc2)cc(I)c1OCc1ccc2ccccc2c1. The number of para-hydroxylation sites is 1. The van der Waals surface area contributed by atoms with Crippen LogP contribution in [0.15, 0.2) is 90.0 Å². The number of nitrogens with one attached hydrogen (secondary N) is 1. The van der Waals surface area contributed by atoms with Crippen molar-refractivity contribution in [1.82, 2.24) is 0 Å². The van der Waals surface area contributed by atoms with Gasteiger partial charge in [-0.3, -0.25) is 5.43 Å². The van der Waals surface area contributed by atoms with Gasteiger partial charge in [-0.15, -0.1) is 0 Å². The quantitative estimate of drug-likeness (QED) is 0.156. The van der Waals surface area contributed by atoms with Gasteiger partial charge in [0.2, 0.25) is 0 Å². The van der Waals surface area contributed by atoms with E-state index in [1.54, 1.807) is 6.21 Å². The molecule has 0 radical (unpaired) electrons. The fourth-order valence-corrected chi connectivity index (χ4v) is 4.02. The second-order valence-corrected chi connectivity index (χ2v) is 8.13. The zero-order valence-corrected chi connectivity index (χ0v) is 19.4. The zero-order valence-electron chi connectivity index (χ0n) is 17.2. The van der Waals surface area contributed by atoms with Crippen molar-refractivity contribution in [3.63, 3.8) is 0 Å². The minimum atomic E-state index is 0.476. The Balaban J connectivity index is 1.51. The van der Waals surface area contributed by atoms with Crippen LogP contribution in [-0.2, 0) is 6.61 Å². The Labute approximate surface area is 196 Å². The van der Waals surface area contributed by atoms with E-state index >= 15 is 0 Å². The van der Waals surface area contributed by atoms with Crippen molar-refractivity contribution in [2.45, 2.75) is 13.5 Å². The minimum Gasteiger partial charge on any atom is -0.490 e. The average Bonchev–Trinajstić information content (AvgIpc) is 2.79. The molecule has 0 saturated carbocycles. The van der Waals surface area contributed by atoms with Crippen LogP contribution in [0.1, 0.15) is 18.1 Å². The molecular formula is C26H23IN2O2. The summed E-state index contributed by atoms with van der Waals surface area (Å²) in [5.74, 6) is 1.47. The van der Waals surface area contributed by atoms with Gasteiger partial charge in [0.15, 0.2) is 11.5 Å². The summed E-state index contributed by atoms with van der Waals surface area (Å²) in [6.45, 7) is 3.01. The number of rotatable bonds is 8. The first kappa shape index (κ1) is 21.2. The molecule has 0 aliphatic rings. The lowest BCUT2D eigenvalue weighted by molar-refractivity contribution is 0.267. The first-order valence-corrected chi connectivity index (χ1v) is 11.2. The van der Waals surface area contributed by atoms with E-state index in [0.717, 1.165) is 31.9 Å². The smallest absolute Gasteiger partial charge is 0.175 e. The van der Waals surface area contributed by atoms with Crippen molar-refractivity contribution in [3.05, 3.63) is 99.6 Å². The highest BCUT2D eigenvalue weighted by Gasteiger charge is 2.12. The molecule has 0 spiro atoms. The molecule has 0 unspecified atom stereocenters. The Morgan fingerprint density at radius 2 is 1.65 bits per heavy atom. The Morgan fingerprint density at radius 1 is 0.871 bits per heavy atom. The molecule has 4 nitrogen and oxygen atoms in total. The predicted octanol–water partition coefficient (Wildman–Crippen LogP) is 6.87. The Bertz CT molecular complexity index is 1190. The molecule has 0 aromatic heterocycles. The molecule has 0 aliphatic carbocycles. The van der Waals surface area contributed by atoms with E-state index in [1.165, 1.54) is 10.8 Å². The van der Waals surface area contributed by atoms with Crippen molar-refractivity contribution in [3.8, 4) is 11.5 Å². The molecule has 4 rings (SSSR count). The molecule has 4 aromatic carbocycles. The number of nitrogens with zero attached hydrogens (tertiary/aromatic N) is 1. The molecule has 31 heavy (non-hydrogen) atoms. The third-order valence-corrected chi connectivity index (χ3v) is 5.51. The molecule has 0 atom stereocenters. The lowest BCUT2D eigenvalue weighted by atomic mass is 10.1. The fraction of sp³-hybridized carbons (Fsp3) is 0.115. The number of halogens is 1. The molecule has 0 amide bonds. The highest BCUT2D eigenvalue weighted by Crippen LogP contribution is 2.34. The van der Waals surface area contributed by atoms with Gasteiger partial charge in [-0.05, 0) is 81.7 Å². The van der Waals surface area contributed by atoms with E-state index in [0.29, 0.717) is 13.2 Å². The van der Waals surface area contributed by atoms with Crippen molar-refractivity contribution in [2.24, 2.45) is 5.10 Å². The van der Waals surface area contributed by atoms with E-state index in [9.17, 15) is 0 Å². The number of fused-ring (bicyclic) bond motifs is 1. The minimum absolute atomic E-state index is 0.476.